The second kappa shape index (κ2) is 5.41. The van der Waals surface area contributed by atoms with Crippen LogP contribution in [-0.2, 0) is 13.8 Å². The molecule has 2 aliphatic rings. The molecule has 2 fully saturated rings. The summed E-state index contributed by atoms with van der Waals surface area (Å²) in [7, 11) is 1.25. The maximum absolute atomic E-state index is 13.9. The molecule has 0 N–H and O–H groups in total. The van der Waals surface area contributed by atoms with Gasteiger partial charge in [0.05, 0.1) is 17.1 Å². The average Bonchev–Trinajstić information content (AvgIpc) is 2.38. The highest BCUT2D eigenvalue weighted by Gasteiger charge is 2.43. The lowest BCUT2D eigenvalue weighted by Crippen LogP contribution is -2.48. The van der Waals surface area contributed by atoms with Crippen molar-refractivity contribution in [1.82, 2.24) is 0 Å². The first-order valence-corrected chi connectivity index (χ1v) is 9.24. The standard InChI is InChI=1S/C14H16ClFO4S/c15-21(17,18)11-2-3-13(12(16)8-11)20-10-4-7-19-14(9-10)5-1-6-14/h2-3,8,10H,1,4-7,9H2. The van der Waals surface area contributed by atoms with Crippen LogP contribution in [0.4, 0.5) is 4.39 Å². The Morgan fingerprint density at radius 2 is 2.14 bits per heavy atom. The highest BCUT2D eigenvalue weighted by molar-refractivity contribution is 8.13. The van der Waals surface area contributed by atoms with Crippen molar-refractivity contribution in [2.75, 3.05) is 6.61 Å². The number of halogens is 2. The van der Waals surface area contributed by atoms with Crippen LogP contribution in [0.15, 0.2) is 23.1 Å². The summed E-state index contributed by atoms with van der Waals surface area (Å²) in [6.45, 7) is 0.612. The number of benzene rings is 1. The largest absolute Gasteiger partial charge is 0.487 e. The Morgan fingerprint density at radius 3 is 2.71 bits per heavy atom. The molecule has 1 atom stereocenters. The van der Waals surface area contributed by atoms with Crippen molar-refractivity contribution in [2.45, 2.75) is 48.7 Å². The van der Waals surface area contributed by atoms with E-state index in [1.807, 2.05) is 0 Å². The molecule has 1 saturated carbocycles. The Labute approximate surface area is 127 Å². The highest BCUT2D eigenvalue weighted by Crippen LogP contribution is 2.43. The smallest absolute Gasteiger partial charge is 0.261 e. The molecule has 4 nitrogen and oxygen atoms in total. The molecule has 1 aliphatic carbocycles. The predicted octanol–water partition coefficient (Wildman–Crippen LogP) is 3.23. The monoisotopic (exact) mass is 334 g/mol. The van der Waals surface area contributed by atoms with Gasteiger partial charge in [0.15, 0.2) is 11.6 Å². The van der Waals surface area contributed by atoms with Gasteiger partial charge in [-0.1, -0.05) is 0 Å². The van der Waals surface area contributed by atoms with Gasteiger partial charge in [-0.15, -0.1) is 0 Å². The van der Waals surface area contributed by atoms with Gasteiger partial charge in [0.2, 0.25) is 0 Å². The van der Waals surface area contributed by atoms with Gasteiger partial charge >= 0.3 is 0 Å². The summed E-state index contributed by atoms with van der Waals surface area (Å²) in [5.74, 6) is -0.661. The van der Waals surface area contributed by atoms with Crippen LogP contribution in [0.5, 0.6) is 5.75 Å². The topological polar surface area (TPSA) is 52.6 Å². The molecular weight excluding hydrogens is 319 g/mol. The lowest BCUT2D eigenvalue weighted by atomic mass is 9.74. The highest BCUT2D eigenvalue weighted by atomic mass is 35.7. The van der Waals surface area contributed by atoms with Gasteiger partial charge in [-0.25, -0.2) is 12.8 Å². The zero-order valence-electron chi connectivity index (χ0n) is 11.3. The molecular formula is C14H16ClFO4S. The number of ether oxygens (including phenoxy) is 2. The van der Waals surface area contributed by atoms with Crippen molar-refractivity contribution in [1.29, 1.82) is 0 Å². The minimum absolute atomic E-state index is 0.0560. The van der Waals surface area contributed by atoms with E-state index in [9.17, 15) is 12.8 Å². The average molecular weight is 335 g/mol. The first-order valence-electron chi connectivity index (χ1n) is 6.93. The van der Waals surface area contributed by atoms with E-state index in [2.05, 4.69) is 0 Å². The summed E-state index contributed by atoms with van der Waals surface area (Å²) in [5.41, 5.74) is -0.0845. The van der Waals surface area contributed by atoms with Gasteiger partial charge in [0.1, 0.15) is 6.10 Å². The van der Waals surface area contributed by atoms with E-state index >= 15 is 0 Å². The van der Waals surface area contributed by atoms with Crippen LogP contribution in [0.1, 0.15) is 32.1 Å². The fraction of sp³-hybridized carbons (Fsp3) is 0.571. The van der Waals surface area contributed by atoms with E-state index in [-0.39, 0.29) is 22.4 Å². The van der Waals surface area contributed by atoms with Crippen LogP contribution in [0.25, 0.3) is 0 Å². The summed E-state index contributed by atoms with van der Waals surface area (Å²) in [6.07, 6.45) is 4.56. The third kappa shape index (κ3) is 3.17. The summed E-state index contributed by atoms with van der Waals surface area (Å²) < 4.78 is 47.7. The Morgan fingerprint density at radius 1 is 1.38 bits per heavy atom. The van der Waals surface area contributed by atoms with E-state index in [0.29, 0.717) is 13.0 Å². The molecule has 1 saturated heterocycles. The maximum Gasteiger partial charge on any atom is 0.261 e. The Bertz CT molecular complexity index is 642. The molecule has 0 bridgehead atoms. The Kier molecular flexibility index (Phi) is 3.88. The second-order valence-corrected chi connectivity index (χ2v) is 8.21. The quantitative estimate of drug-likeness (QED) is 0.796. The van der Waals surface area contributed by atoms with E-state index in [1.54, 1.807) is 0 Å². The molecule has 1 aliphatic heterocycles. The lowest BCUT2D eigenvalue weighted by Gasteiger charge is -2.46. The Hall–Kier alpha value is -0.850. The minimum Gasteiger partial charge on any atom is -0.487 e. The van der Waals surface area contributed by atoms with Crippen molar-refractivity contribution < 1.29 is 22.3 Å². The number of rotatable bonds is 3. The summed E-state index contributed by atoms with van der Waals surface area (Å²) in [4.78, 5) is -0.267. The number of hydrogen-bond donors (Lipinski definition) is 0. The molecule has 1 spiro atoms. The molecule has 3 rings (SSSR count). The normalized spacial score (nSPS) is 24.6. The Balaban J connectivity index is 1.73. The molecule has 0 aromatic heterocycles. The maximum atomic E-state index is 13.9. The molecule has 1 heterocycles. The minimum atomic E-state index is -3.93. The van der Waals surface area contributed by atoms with Crippen LogP contribution in [0.3, 0.4) is 0 Å². The van der Waals surface area contributed by atoms with Crippen molar-refractivity contribution in [3.05, 3.63) is 24.0 Å². The van der Waals surface area contributed by atoms with Crippen LogP contribution >= 0.6 is 10.7 Å². The van der Waals surface area contributed by atoms with Crippen molar-refractivity contribution >= 4 is 19.7 Å². The zero-order chi connectivity index (χ0) is 15.1. The molecule has 7 heteroatoms. The SMILES string of the molecule is O=S(=O)(Cl)c1ccc(OC2CCOC3(CCC3)C2)c(F)c1. The van der Waals surface area contributed by atoms with E-state index < -0.39 is 14.9 Å². The van der Waals surface area contributed by atoms with E-state index in [1.165, 1.54) is 12.1 Å². The molecule has 0 amide bonds. The molecule has 21 heavy (non-hydrogen) atoms. The van der Waals surface area contributed by atoms with Gasteiger partial charge in [-0.3, -0.25) is 0 Å². The van der Waals surface area contributed by atoms with Crippen LogP contribution < -0.4 is 4.74 Å². The third-order valence-corrected chi connectivity index (χ3v) is 5.54. The molecule has 116 valence electrons. The summed E-state index contributed by atoms with van der Waals surface area (Å²) in [6, 6.07) is 3.45. The van der Waals surface area contributed by atoms with E-state index in [0.717, 1.165) is 31.7 Å². The fourth-order valence-corrected chi connectivity index (χ4v) is 3.67. The van der Waals surface area contributed by atoms with Crippen LogP contribution in [-0.4, -0.2) is 26.7 Å². The second-order valence-electron chi connectivity index (χ2n) is 5.65. The number of hydrogen-bond acceptors (Lipinski definition) is 4. The van der Waals surface area contributed by atoms with Gasteiger partial charge in [0, 0.05) is 23.5 Å². The van der Waals surface area contributed by atoms with Crippen LogP contribution in [0, 0.1) is 5.82 Å². The van der Waals surface area contributed by atoms with Crippen molar-refractivity contribution in [3.8, 4) is 5.75 Å². The zero-order valence-corrected chi connectivity index (χ0v) is 12.9. The van der Waals surface area contributed by atoms with Crippen molar-refractivity contribution in [3.63, 3.8) is 0 Å². The molecule has 1 aromatic carbocycles. The molecule has 1 aromatic rings. The van der Waals surface area contributed by atoms with Gasteiger partial charge in [-0.05, 0) is 37.5 Å². The molecule has 1 unspecified atom stereocenters. The first-order chi connectivity index (χ1) is 9.88. The predicted molar refractivity (Wildman–Crippen MR) is 75.6 cm³/mol. The van der Waals surface area contributed by atoms with Crippen LogP contribution in [0.2, 0.25) is 0 Å². The van der Waals surface area contributed by atoms with Gasteiger partial charge in [0.25, 0.3) is 9.05 Å². The fourth-order valence-electron chi connectivity index (χ4n) is 2.91. The van der Waals surface area contributed by atoms with Crippen molar-refractivity contribution in [2.24, 2.45) is 0 Å². The lowest BCUT2D eigenvalue weighted by molar-refractivity contribution is -0.153. The summed E-state index contributed by atoms with van der Waals surface area (Å²) in [5, 5.41) is 0. The molecule has 0 radical (unpaired) electrons. The van der Waals surface area contributed by atoms with E-state index in [4.69, 9.17) is 20.2 Å². The van der Waals surface area contributed by atoms with Gasteiger partial charge in [-0.2, -0.15) is 0 Å². The third-order valence-electron chi connectivity index (χ3n) is 4.19. The summed E-state index contributed by atoms with van der Waals surface area (Å²) >= 11 is 0. The van der Waals surface area contributed by atoms with Gasteiger partial charge < -0.3 is 9.47 Å². The first kappa shape index (κ1) is 15.1.